The normalized spacial score (nSPS) is 13.0. The van der Waals surface area contributed by atoms with Crippen molar-refractivity contribution >= 4 is 11.0 Å². The number of furan rings is 1. The van der Waals surface area contributed by atoms with Crippen molar-refractivity contribution in [3.63, 3.8) is 0 Å². The Kier molecular flexibility index (Phi) is 3.06. The van der Waals surface area contributed by atoms with E-state index in [4.69, 9.17) is 10.2 Å². The van der Waals surface area contributed by atoms with Crippen molar-refractivity contribution in [2.75, 3.05) is 0 Å². The van der Waals surface area contributed by atoms with Crippen LogP contribution in [0.1, 0.15) is 30.1 Å². The number of hydrogen-bond donors (Lipinski definition) is 1. The molecule has 4 nitrogen and oxygen atoms in total. The Morgan fingerprint density at radius 3 is 2.90 bits per heavy atom. The molecule has 104 valence electrons. The molecule has 0 spiro atoms. The van der Waals surface area contributed by atoms with Crippen LogP contribution in [0.2, 0.25) is 0 Å². The van der Waals surface area contributed by atoms with Gasteiger partial charge in [0, 0.05) is 11.9 Å². The van der Waals surface area contributed by atoms with Crippen molar-refractivity contribution in [1.29, 1.82) is 0 Å². The standard InChI is InChI=1S/C15H16FN3O/c1-3-19-12(6-9(2)18-19)15(17)14-8-10-7-11(16)4-5-13(10)20-14/h4-8,15H,3,17H2,1-2H3. The zero-order valence-electron chi connectivity index (χ0n) is 11.4. The third-order valence-electron chi connectivity index (χ3n) is 3.36. The second-order valence-corrected chi connectivity index (χ2v) is 4.83. The van der Waals surface area contributed by atoms with Crippen molar-refractivity contribution in [3.05, 3.63) is 53.3 Å². The Balaban J connectivity index is 2.05. The zero-order chi connectivity index (χ0) is 14.3. The lowest BCUT2D eigenvalue weighted by Gasteiger charge is -2.10. The van der Waals surface area contributed by atoms with Gasteiger partial charge in [0.15, 0.2) is 0 Å². The molecule has 5 heteroatoms. The van der Waals surface area contributed by atoms with E-state index in [1.807, 2.05) is 24.6 Å². The van der Waals surface area contributed by atoms with Gasteiger partial charge < -0.3 is 10.2 Å². The number of rotatable bonds is 3. The van der Waals surface area contributed by atoms with Gasteiger partial charge in [-0.15, -0.1) is 0 Å². The number of hydrogen-bond acceptors (Lipinski definition) is 3. The summed E-state index contributed by atoms with van der Waals surface area (Å²) >= 11 is 0. The summed E-state index contributed by atoms with van der Waals surface area (Å²) in [7, 11) is 0. The molecule has 2 N–H and O–H groups in total. The van der Waals surface area contributed by atoms with Crippen molar-refractivity contribution in [3.8, 4) is 0 Å². The highest BCUT2D eigenvalue weighted by molar-refractivity contribution is 5.78. The van der Waals surface area contributed by atoms with Crippen LogP contribution >= 0.6 is 0 Å². The molecule has 1 atom stereocenters. The van der Waals surface area contributed by atoms with E-state index in [1.165, 1.54) is 12.1 Å². The minimum absolute atomic E-state index is 0.284. The average molecular weight is 273 g/mol. The number of fused-ring (bicyclic) bond motifs is 1. The molecule has 1 aromatic carbocycles. The second-order valence-electron chi connectivity index (χ2n) is 4.83. The Bertz CT molecular complexity index is 760. The highest BCUT2D eigenvalue weighted by Gasteiger charge is 2.19. The van der Waals surface area contributed by atoms with Gasteiger partial charge in [0.25, 0.3) is 0 Å². The van der Waals surface area contributed by atoms with Crippen LogP contribution in [0.5, 0.6) is 0 Å². The van der Waals surface area contributed by atoms with E-state index >= 15 is 0 Å². The fourth-order valence-corrected chi connectivity index (χ4v) is 2.40. The summed E-state index contributed by atoms with van der Waals surface area (Å²) in [5.41, 5.74) is 8.70. The lowest BCUT2D eigenvalue weighted by atomic mass is 10.1. The van der Waals surface area contributed by atoms with Gasteiger partial charge in [0.2, 0.25) is 0 Å². The van der Waals surface area contributed by atoms with Crippen LogP contribution in [-0.4, -0.2) is 9.78 Å². The molecule has 0 saturated heterocycles. The first-order valence-electron chi connectivity index (χ1n) is 6.57. The Hall–Kier alpha value is -2.14. The van der Waals surface area contributed by atoms with Gasteiger partial charge >= 0.3 is 0 Å². The Labute approximate surface area is 116 Å². The molecule has 20 heavy (non-hydrogen) atoms. The van der Waals surface area contributed by atoms with E-state index in [-0.39, 0.29) is 5.82 Å². The van der Waals surface area contributed by atoms with Crippen LogP contribution in [0.3, 0.4) is 0 Å². The summed E-state index contributed by atoms with van der Waals surface area (Å²) < 4.78 is 20.8. The van der Waals surface area contributed by atoms with Gasteiger partial charge in [-0.3, -0.25) is 4.68 Å². The van der Waals surface area contributed by atoms with Crippen LogP contribution in [0, 0.1) is 12.7 Å². The topological polar surface area (TPSA) is 57.0 Å². The lowest BCUT2D eigenvalue weighted by molar-refractivity contribution is 0.500. The van der Waals surface area contributed by atoms with E-state index in [0.717, 1.165) is 23.3 Å². The Morgan fingerprint density at radius 1 is 1.35 bits per heavy atom. The molecule has 2 heterocycles. The summed E-state index contributed by atoms with van der Waals surface area (Å²) in [5.74, 6) is 0.327. The third kappa shape index (κ3) is 2.10. The molecule has 0 aliphatic carbocycles. The van der Waals surface area contributed by atoms with Gasteiger partial charge in [-0.05, 0) is 44.2 Å². The summed E-state index contributed by atoms with van der Waals surface area (Å²) in [5, 5.41) is 5.10. The van der Waals surface area contributed by atoms with Gasteiger partial charge in [0.1, 0.15) is 23.2 Å². The number of nitrogens with zero attached hydrogens (tertiary/aromatic N) is 2. The van der Waals surface area contributed by atoms with Crippen molar-refractivity contribution in [1.82, 2.24) is 9.78 Å². The lowest BCUT2D eigenvalue weighted by Crippen LogP contribution is -2.16. The maximum absolute atomic E-state index is 13.2. The van der Waals surface area contributed by atoms with Gasteiger partial charge in [-0.25, -0.2) is 4.39 Å². The van der Waals surface area contributed by atoms with Crippen LogP contribution in [0.25, 0.3) is 11.0 Å². The molecule has 0 bridgehead atoms. The Morgan fingerprint density at radius 2 is 2.15 bits per heavy atom. The van der Waals surface area contributed by atoms with Gasteiger partial charge in [-0.1, -0.05) is 0 Å². The quantitative estimate of drug-likeness (QED) is 0.797. The molecular formula is C15H16FN3O. The molecule has 2 aromatic heterocycles. The minimum Gasteiger partial charge on any atom is -0.459 e. The first-order valence-corrected chi connectivity index (χ1v) is 6.57. The third-order valence-corrected chi connectivity index (χ3v) is 3.36. The van der Waals surface area contributed by atoms with Crippen LogP contribution < -0.4 is 5.73 Å². The fraction of sp³-hybridized carbons (Fsp3) is 0.267. The van der Waals surface area contributed by atoms with Gasteiger partial charge in [0.05, 0.1) is 11.4 Å². The van der Waals surface area contributed by atoms with E-state index in [0.29, 0.717) is 11.3 Å². The summed E-state index contributed by atoms with van der Waals surface area (Å²) in [6.07, 6.45) is 0. The highest BCUT2D eigenvalue weighted by Crippen LogP contribution is 2.27. The monoisotopic (exact) mass is 273 g/mol. The number of aryl methyl sites for hydroxylation is 2. The summed E-state index contributed by atoms with van der Waals surface area (Å²) in [6.45, 7) is 4.68. The first-order chi connectivity index (χ1) is 9.58. The zero-order valence-corrected chi connectivity index (χ0v) is 11.4. The molecule has 3 aromatic rings. The average Bonchev–Trinajstić information content (AvgIpc) is 3.00. The van der Waals surface area contributed by atoms with E-state index in [1.54, 1.807) is 12.1 Å². The van der Waals surface area contributed by atoms with Gasteiger partial charge in [-0.2, -0.15) is 5.10 Å². The second kappa shape index (κ2) is 4.76. The summed E-state index contributed by atoms with van der Waals surface area (Å²) in [4.78, 5) is 0. The fourth-order valence-electron chi connectivity index (χ4n) is 2.40. The van der Waals surface area contributed by atoms with E-state index in [9.17, 15) is 4.39 Å². The molecule has 3 rings (SSSR count). The van der Waals surface area contributed by atoms with E-state index < -0.39 is 6.04 Å². The predicted octanol–water partition coefficient (Wildman–Crippen LogP) is 3.14. The van der Waals surface area contributed by atoms with Crippen molar-refractivity contribution < 1.29 is 8.81 Å². The number of nitrogens with two attached hydrogens (primary N) is 1. The molecule has 0 saturated carbocycles. The predicted molar refractivity (Wildman–Crippen MR) is 74.8 cm³/mol. The number of benzene rings is 1. The molecule has 0 aliphatic heterocycles. The molecule has 1 unspecified atom stereocenters. The first kappa shape index (κ1) is 12.9. The molecule has 0 fully saturated rings. The van der Waals surface area contributed by atoms with Crippen LogP contribution in [0.15, 0.2) is 34.7 Å². The maximum Gasteiger partial charge on any atom is 0.134 e. The van der Waals surface area contributed by atoms with Crippen molar-refractivity contribution in [2.24, 2.45) is 5.73 Å². The highest BCUT2D eigenvalue weighted by atomic mass is 19.1. The van der Waals surface area contributed by atoms with Crippen LogP contribution in [0.4, 0.5) is 4.39 Å². The van der Waals surface area contributed by atoms with Crippen LogP contribution in [-0.2, 0) is 6.54 Å². The largest absolute Gasteiger partial charge is 0.459 e. The SMILES string of the molecule is CCn1nc(C)cc1C(N)c1cc2cc(F)ccc2o1. The maximum atomic E-state index is 13.2. The van der Waals surface area contributed by atoms with E-state index in [2.05, 4.69) is 5.10 Å². The number of aromatic nitrogens is 2. The molecule has 0 amide bonds. The van der Waals surface area contributed by atoms with Crippen molar-refractivity contribution in [2.45, 2.75) is 26.4 Å². The smallest absolute Gasteiger partial charge is 0.134 e. The molecular weight excluding hydrogens is 257 g/mol. The summed E-state index contributed by atoms with van der Waals surface area (Å²) in [6, 6.07) is 7.75. The molecule has 0 radical (unpaired) electrons. The molecule has 0 aliphatic rings. The number of halogens is 1. The minimum atomic E-state index is -0.411.